The van der Waals surface area contributed by atoms with E-state index >= 15 is 0 Å². The Balaban J connectivity index is 1.46. The first-order chi connectivity index (χ1) is 13.0. The van der Waals surface area contributed by atoms with Crippen LogP contribution in [0.15, 0.2) is 39.6 Å². The van der Waals surface area contributed by atoms with Gasteiger partial charge in [-0.1, -0.05) is 23.4 Å². The summed E-state index contributed by atoms with van der Waals surface area (Å²) in [6.07, 6.45) is 0. The number of aromatic nitrogens is 2. The maximum Gasteiger partial charge on any atom is 0.261 e. The van der Waals surface area contributed by atoms with Crippen molar-refractivity contribution < 1.29 is 9.32 Å². The van der Waals surface area contributed by atoms with Gasteiger partial charge in [0.05, 0.1) is 5.69 Å². The topological polar surface area (TPSA) is 82.4 Å². The molecule has 1 aromatic carbocycles. The highest BCUT2D eigenvalue weighted by Crippen LogP contribution is 2.17. The maximum atomic E-state index is 12.9. The minimum atomic E-state index is -0.336. The molecule has 0 saturated carbocycles. The van der Waals surface area contributed by atoms with Crippen molar-refractivity contribution in [1.82, 2.24) is 19.9 Å². The van der Waals surface area contributed by atoms with Gasteiger partial charge in [-0.25, -0.2) is 0 Å². The van der Waals surface area contributed by atoms with Crippen molar-refractivity contribution in [2.45, 2.75) is 20.4 Å². The molecule has 0 bridgehead atoms. The zero-order chi connectivity index (χ0) is 19.0. The van der Waals surface area contributed by atoms with E-state index in [9.17, 15) is 9.59 Å². The molecule has 1 amide bonds. The fourth-order valence-electron chi connectivity index (χ4n) is 3.54. The zero-order valence-electron chi connectivity index (χ0n) is 15.5. The summed E-state index contributed by atoms with van der Waals surface area (Å²) in [4.78, 5) is 32.0. The summed E-state index contributed by atoms with van der Waals surface area (Å²) in [6, 6.07) is 9.16. The molecule has 3 heterocycles. The highest BCUT2D eigenvalue weighted by atomic mass is 16.5. The van der Waals surface area contributed by atoms with E-state index in [-0.39, 0.29) is 17.0 Å². The molecule has 0 spiro atoms. The highest BCUT2D eigenvalue weighted by molar-refractivity contribution is 5.97. The number of hydrogen-bond donors (Lipinski definition) is 1. The normalized spacial score (nSPS) is 15.4. The highest BCUT2D eigenvalue weighted by Gasteiger charge is 2.25. The molecule has 2 aromatic heterocycles. The van der Waals surface area contributed by atoms with Crippen LogP contribution in [0.3, 0.4) is 0 Å². The van der Waals surface area contributed by atoms with Crippen LogP contribution in [0.4, 0.5) is 0 Å². The van der Waals surface area contributed by atoms with Crippen LogP contribution in [0.25, 0.3) is 10.9 Å². The molecule has 1 saturated heterocycles. The van der Waals surface area contributed by atoms with E-state index in [0.29, 0.717) is 13.1 Å². The minimum absolute atomic E-state index is 0.202. The second-order valence-corrected chi connectivity index (χ2v) is 6.97. The van der Waals surface area contributed by atoms with Crippen molar-refractivity contribution in [1.29, 1.82) is 0 Å². The fourth-order valence-corrected chi connectivity index (χ4v) is 3.54. The van der Waals surface area contributed by atoms with Crippen LogP contribution in [-0.4, -0.2) is 52.0 Å². The van der Waals surface area contributed by atoms with Gasteiger partial charge in [0, 0.05) is 43.8 Å². The Labute approximate surface area is 156 Å². The van der Waals surface area contributed by atoms with E-state index in [2.05, 4.69) is 15.0 Å². The van der Waals surface area contributed by atoms with Gasteiger partial charge in [0.2, 0.25) is 0 Å². The smallest absolute Gasteiger partial charge is 0.261 e. The van der Waals surface area contributed by atoms with Gasteiger partial charge in [0.15, 0.2) is 0 Å². The lowest BCUT2D eigenvalue weighted by Gasteiger charge is -2.34. The molecule has 7 nitrogen and oxygen atoms in total. The molecule has 1 aliphatic rings. The van der Waals surface area contributed by atoms with Gasteiger partial charge in [-0.2, -0.15) is 0 Å². The molecule has 1 fully saturated rings. The Bertz CT molecular complexity index is 1030. The molecule has 140 valence electrons. The number of H-pyrrole nitrogens is 1. The van der Waals surface area contributed by atoms with Gasteiger partial charge >= 0.3 is 0 Å². The van der Waals surface area contributed by atoms with Crippen LogP contribution >= 0.6 is 0 Å². The summed E-state index contributed by atoms with van der Waals surface area (Å²) < 4.78 is 5.22. The van der Waals surface area contributed by atoms with E-state index in [0.717, 1.165) is 47.6 Å². The summed E-state index contributed by atoms with van der Waals surface area (Å²) >= 11 is 0. The van der Waals surface area contributed by atoms with Crippen LogP contribution < -0.4 is 5.56 Å². The average molecular weight is 366 g/mol. The monoisotopic (exact) mass is 366 g/mol. The van der Waals surface area contributed by atoms with E-state index in [4.69, 9.17) is 4.52 Å². The Hall–Kier alpha value is -2.93. The third-order valence-electron chi connectivity index (χ3n) is 5.21. The number of nitrogens with one attached hydrogen (secondary N) is 1. The lowest BCUT2D eigenvalue weighted by Crippen LogP contribution is -2.49. The molecular weight excluding hydrogens is 344 g/mol. The summed E-state index contributed by atoms with van der Waals surface area (Å²) in [5, 5.41) is 4.85. The molecule has 7 heteroatoms. The predicted molar refractivity (Wildman–Crippen MR) is 102 cm³/mol. The number of aromatic amines is 1. The molecule has 0 unspecified atom stereocenters. The number of pyridine rings is 1. The summed E-state index contributed by atoms with van der Waals surface area (Å²) in [5.41, 5.74) is 2.63. The van der Waals surface area contributed by atoms with Crippen molar-refractivity contribution in [3.63, 3.8) is 0 Å². The van der Waals surface area contributed by atoms with Gasteiger partial charge in [-0.3, -0.25) is 14.5 Å². The lowest BCUT2D eigenvalue weighted by atomic mass is 10.1. The maximum absolute atomic E-state index is 12.9. The molecule has 3 aromatic rings. The quantitative estimate of drug-likeness (QED) is 0.767. The van der Waals surface area contributed by atoms with Crippen molar-refractivity contribution >= 4 is 16.8 Å². The number of nitrogens with zero attached hydrogens (tertiary/aromatic N) is 3. The summed E-state index contributed by atoms with van der Waals surface area (Å²) in [5.74, 6) is 0.632. The number of carbonyl (C=O) groups is 1. The Morgan fingerprint density at radius 2 is 1.93 bits per heavy atom. The SMILES string of the molecule is Cc1noc(C)c1CN1CCN(C(=O)c2cc3ccccc3[nH]c2=O)CC1. The predicted octanol–water partition coefficient (Wildman–Crippen LogP) is 2.09. The number of benzene rings is 1. The Morgan fingerprint density at radius 3 is 2.63 bits per heavy atom. The van der Waals surface area contributed by atoms with Crippen LogP contribution in [0, 0.1) is 13.8 Å². The van der Waals surface area contributed by atoms with E-state index in [1.807, 2.05) is 38.1 Å². The molecule has 1 N–H and O–H groups in total. The van der Waals surface area contributed by atoms with Crippen LogP contribution in [-0.2, 0) is 6.54 Å². The van der Waals surface area contributed by atoms with Crippen molar-refractivity contribution in [2.75, 3.05) is 26.2 Å². The molecule has 27 heavy (non-hydrogen) atoms. The standard InChI is InChI=1S/C20H22N4O3/c1-13-17(14(2)27-22-13)12-23-7-9-24(10-8-23)20(26)16-11-15-5-3-4-6-18(15)21-19(16)25/h3-6,11H,7-10,12H2,1-2H3,(H,21,25). The number of amides is 1. The van der Waals surface area contributed by atoms with Crippen LogP contribution in [0.2, 0.25) is 0 Å². The van der Waals surface area contributed by atoms with E-state index in [1.54, 1.807) is 11.0 Å². The number of aryl methyl sites for hydroxylation is 2. The number of hydrogen-bond acceptors (Lipinski definition) is 5. The molecule has 0 radical (unpaired) electrons. The fraction of sp³-hybridized carbons (Fsp3) is 0.350. The number of rotatable bonds is 3. The number of para-hydroxylation sites is 1. The van der Waals surface area contributed by atoms with Crippen LogP contribution in [0.5, 0.6) is 0 Å². The first-order valence-corrected chi connectivity index (χ1v) is 9.08. The number of piperazine rings is 1. The molecule has 0 atom stereocenters. The van der Waals surface area contributed by atoms with Gasteiger partial charge < -0.3 is 14.4 Å². The van der Waals surface area contributed by atoms with Crippen molar-refractivity contribution in [3.8, 4) is 0 Å². The molecule has 1 aliphatic heterocycles. The van der Waals surface area contributed by atoms with Crippen molar-refractivity contribution in [2.24, 2.45) is 0 Å². The first-order valence-electron chi connectivity index (χ1n) is 9.08. The lowest BCUT2D eigenvalue weighted by molar-refractivity contribution is 0.0626. The van der Waals surface area contributed by atoms with E-state index in [1.165, 1.54) is 0 Å². The third kappa shape index (κ3) is 3.38. The van der Waals surface area contributed by atoms with Gasteiger partial charge in [-0.15, -0.1) is 0 Å². The second-order valence-electron chi connectivity index (χ2n) is 6.97. The van der Waals surface area contributed by atoms with Crippen molar-refractivity contribution in [3.05, 3.63) is 63.3 Å². The largest absolute Gasteiger partial charge is 0.361 e. The molecular formula is C20H22N4O3. The zero-order valence-corrected chi connectivity index (χ0v) is 15.5. The molecule has 4 rings (SSSR count). The number of carbonyl (C=O) groups excluding carboxylic acids is 1. The number of fused-ring (bicyclic) bond motifs is 1. The Morgan fingerprint density at radius 1 is 1.19 bits per heavy atom. The minimum Gasteiger partial charge on any atom is -0.361 e. The molecule has 0 aliphatic carbocycles. The summed E-state index contributed by atoms with van der Waals surface area (Å²) in [6.45, 7) is 7.31. The summed E-state index contributed by atoms with van der Waals surface area (Å²) in [7, 11) is 0. The average Bonchev–Trinajstić information content (AvgIpc) is 2.99. The Kier molecular flexibility index (Phi) is 4.53. The third-order valence-corrected chi connectivity index (χ3v) is 5.21. The van der Waals surface area contributed by atoms with E-state index < -0.39 is 0 Å². The van der Waals surface area contributed by atoms with Gasteiger partial charge in [-0.05, 0) is 31.4 Å². The first kappa shape index (κ1) is 17.5. The van der Waals surface area contributed by atoms with Gasteiger partial charge in [0.1, 0.15) is 11.3 Å². The van der Waals surface area contributed by atoms with Gasteiger partial charge in [0.25, 0.3) is 11.5 Å². The second kappa shape index (κ2) is 7.00. The van der Waals surface area contributed by atoms with Crippen LogP contribution in [0.1, 0.15) is 27.4 Å².